The fraction of sp³-hybridized carbons (Fsp3) is 0.273. The summed E-state index contributed by atoms with van der Waals surface area (Å²) in [4.78, 5) is 12.2. The average Bonchev–Trinajstić information content (AvgIpc) is 3.20. The van der Waals surface area contributed by atoms with Gasteiger partial charge in [0.05, 0.1) is 14.2 Å². The number of ether oxygens (including phenoxy) is 2. The number of benzene rings is 2. The van der Waals surface area contributed by atoms with Gasteiger partial charge in [-0.3, -0.25) is 10.1 Å². The molecule has 0 radical (unpaired) electrons. The molecular formula is C22H24N2O4. The summed E-state index contributed by atoms with van der Waals surface area (Å²) >= 11 is 0. The van der Waals surface area contributed by atoms with E-state index in [4.69, 9.17) is 14.0 Å². The molecule has 0 atom stereocenters. The van der Waals surface area contributed by atoms with Gasteiger partial charge in [0, 0.05) is 18.1 Å². The molecule has 6 nitrogen and oxygen atoms in total. The first kappa shape index (κ1) is 19.5. The summed E-state index contributed by atoms with van der Waals surface area (Å²) in [5.74, 6) is 1.51. The van der Waals surface area contributed by atoms with Gasteiger partial charge in [0.2, 0.25) is 11.8 Å². The normalized spacial score (nSPS) is 10.5. The Labute approximate surface area is 164 Å². The highest BCUT2D eigenvalue weighted by Crippen LogP contribution is 2.28. The number of hydrogen-bond donors (Lipinski definition) is 1. The van der Waals surface area contributed by atoms with Crippen LogP contribution in [0.4, 0.5) is 5.88 Å². The van der Waals surface area contributed by atoms with Crippen molar-refractivity contribution in [3.05, 3.63) is 59.7 Å². The molecule has 1 aromatic heterocycles. The van der Waals surface area contributed by atoms with Crippen molar-refractivity contribution in [1.29, 1.82) is 0 Å². The second-order valence-electron chi connectivity index (χ2n) is 6.36. The number of nitrogens with one attached hydrogen (secondary N) is 1. The van der Waals surface area contributed by atoms with Crippen LogP contribution in [0.15, 0.2) is 53.1 Å². The molecule has 146 valence electrons. The maximum absolute atomic E-state index is 12.2. The second-order valence-corrected chi connectivity index (χ2v) is 6.36. The maximum Gasteiger partial charge on any atom is 0.231 e. The number of aryl methyl sites for hydroxylation is 2. The van der Waals surface area contributed by atoms with Gasteiger partial charge in [-0.1, -0.05) is 42.4 Å². The number of rotatable bonds is 8. The number of carbonyl (C=O) groups excluding carboxylic acids is 1. The number of methoxy groups -OCH3 is 2. The summed E-state index contributed by atoms with van der Waals surface area (Å²) in [6, 6.07) is 15.5. The minimum Gasteiger partial charge on any atom is -0.493 e. The molecule has 0 bridgehead atoms. The van der Waals surface area contributed by atoms with Gasteiger partial charge in [0.15, 0.2) is 11.5 Å². The first-order valence-corrected chi connectivity index (χ1v) is 9.19. The van der Waals surface area contributed by atoms with Crippen molar-refractivity contribution in [2.24, 2.45) is 0 Å². The lowest BCUT2D eigenvalue weighted by atomic mass is 10.1. The monoisotopic (exact) mass is 380 g/mol. The number of carbonyl (C=O) groups is 1. The molecule has 1 heterocycles. The highest BCUT2D eigenvalue weighted by Gasteiger charge is 2.11. The van der Waals surface area contributed by atoms with Crippen molar-refractivity contribution < 1.29 is 18.8 Å². The van der Waals surface area contributed by atoms with Gasteiger partial charge in [-0.15, -0.1) is 0 Å². The fourth-order valence-corrected chi connectivity index (χ4v) is 2.88. The van der Waals surface area contributed by atoms with E-state index in [0.29, 0.717) is 35.9 Å². The van der Waals surface area contributed by atoms with E-state index in [1.54, 1.807) is 20.3 Å². The van der Waals surface area contributed by atoms with E-state index in [-0.39, 0.29) is 5.91 Å². The van der Waals surface area contributed by atoms with E-state index >= 15 is 0 Å². The smallest absolute Gasteiger partial charge is 0.231 e. The van der Waals surface area contributed by atoms with E-state index in [1.807, 2.05) is 30.3 Å². The van der Waals surface area contributed by atoms with Crippen LogP contribution in [0.25, 0.3) is 11.3 Å². The molecule has 1 amide bonds. The number of nitrogens with zero attached hydrogens (tertiary/aromatic N) is 1. The molecule has 0 fully saturated rings. The molecule has 0 unspecified atom stereocenters. The van der Waals surface area contributed by atoms with Crippen LogP contribution in [0.3, 0.4) is 0 Å². The van der Waals surface area contributed by atoms with Crippen LogP contribution < -0.4 is 14.8 Å². The zero-order valence-corrected chi connectivity index (χ0v) is 16.3. The van der Waals surface area contributed by atoms with Gasteiger partial charge in [-0.2, -0.15) is 0 Å². The van der Waals surface area contributed by atoms with Crippen molar-refractivity contribution >= 4 is 11.8 Å². The van der Waals surface area contributed by atoms with Gasteiger partial charge in [-0.25, -0.2) is 0 Å². The van der Waals surface area contributed by atoms with Crippen molar-refractivity contribution in [3.8, 4) is 22.8 Å². The molecule has 0 aliphatic rings. The van der Waals surface area contributed by atoms with E-state index < -0.39 is 0 Å². The Morgan fingerprint density at radius 1 is 1.00 bits per heavy atom. The highest BCUT2D eigenvalue weighted by atomic mass is 16.5. The van der Waals surface area contributed by atoms with Gasteiger partial charge in [0.25, 0.3) is 0 Å². The molecule has 28 heavy (non-hydrogen) atoms. The number of aromatic nitrogens is 1. The molecule has 3 aromatic rings. The standard InChI is InChI=1S/C22H24N2O4/c1-4-15-5-9-17(10-6-15)18-14-22(28-24-18)23-21(25)12-8-16-7-11-19(26-2)20(13-16)27-3/h5-7,9-11,13-14H,4,8,12H2,1-3H3,(H,23,25). The Morgan fingerprint density at radius 2 is 1.71 bits per heavy atom. The number of anilines is 1. The molecular weight excluding hydrogens is 356 g/mol. The summed E-state index contributed by atoms with van der Waals surface area (Å²) < 4.78 is 15.8. The molecule has 0 spiro atoms. The number of amides is 1. The van der Waals surface area contributed by atoms with Crippen molar-refractivity contribution in [2.45, 2.75) is 26.2 Å². The van der Waals surface area contributed by atoms with Crippen LogP contribution in [0, 0.1) is 0 Å². The Bertz CT molecular complexity index is 932. The molecule has 1 N–H and O–H groups in total. The molecule has 0 saturated carbocycles. The number of hydrogen-bond acceptors (Lipinski definition) is 5. The van der Waals surface area contributed by atoms with Gasteiger partial charge >= 0.3 is 0 Å². The average molecular weight is 380 g/mol. The topological polar surface area (TPSA) is 73.6 Å². The summed E-state index contributed by atoms with van der Waals surface area (Å²) in [5.41, 5.74) is 3.89. The summed E-state index contributed by atoms with van der Waals surface area (Å²) in [6.07, 6.45) is 1.88. The predicted octanol–water partition coefficient (Wildman–Crippen LogP) is 4.49. The van der Waals surface area contributed by atoms with Crippen LogP contribution in [0.1, 0.15) is 24.5 Å². The van der Waals surface area contributed by atoms with Crippen LogP contribution in [-0.2, 0) is 17.6 Å². The lowest BCUT2D eigenvalue weighted by molar-refractivity contribution is -0.116. The Kier molecular flexibility index (Phi) is 6.32. The Morgan fingerprint density at radius 3 is 2.39 bits per heavy atom. The van der Waals surface area contributed by atoms with Gasteiger partial charge in [-0.05, 0) is 36.1 Å². The highest BCUT2D eigenvalue weighted by molar-refractivity contribution is 5.90. The lowest BCUT2D eigenvalue weighted by Crippen LogP contribution is -2.11. The van der Waals surface area contributed by atoms with Crippen LogP contribution in [0.2, 0.25) is 0 Å². The largest absolute Gasteiger partial charge is 0.493 e. The molecule has 3 rings (SSSR count). The third-order valence-corrected chi connectivity index (χ3v) is 4.52. The minimum atomic E-state index is -0.140. The molecule has 0 saturated heterocycles. The van der Waals surface area contributed by atoms with Gasteiger partial charge < -0.3 is 14.0 Å². The Balaban J connectivity index is 1.57. The summed E-state index contributed by atoms with van der Waals surface area (Å²) in [6.45, 7) is 2.11. The first-order chi connectivity index (χ1) is 13.6. The minimum absolute atomic E-state index is 0.140. The van der Waals surface area contributed by atoms with Crippen molar-refractivity contribution in [3.63, 3.8) is 0 Å². The molecule has 2 aromatic carbocycles. The van der Waals surface area contributed by atoms with Crippen LogP contribution in [0.5, 0.6) is 11.5 Å². The summed E-state index contributed by atoms with van der Waals surface area (Å²) in [5, 5.41) is 6.79. The Hall–Kier alpha value is -3.28. The summed E-state index contributed by atoms with van der Waals surface area (Å²) in [7, 11) is 3.18. The van der Waals surface area contributed by atoms with E-state index in [1.165, 1.54) is 5.56 Å². The predicted molar refractivity (Wildman–Crippen MR) is 108 cm³/mol. The van der Waals surface area contributed by atoms with Gasteiger partial charge in [0.1, 0.15) is 5.69 Å². The third kappa shape index (κ3) is 4.71. The quantitative estimate of drug-likeness (QED) is 0.623. The zero-order valence-electron chi connectivity index (χ0n) is 16.3. The van der Waals surface area contributed by atoms with E-state index in [9.17, 15) is 4.79 Å². The third-order valence-electron chi connectivity index (χ3n) is 4.52. The molecule has 6 heteroatoms. The van der Waals surface area contributed by atoms with Crippen LogP contribution in [-0.4, -0.2) is 25.3 Å². The molecule has 0 aliphatic carbocycles. The maximum atomic E-state index is 12.2. The second kappa shape index (κ2) is 9.08. The van der Waals surface area contributed by atoms with E-state index in [2.05, 4.69) is 29.5 Å². The molecule has 0 aliphatic heterocycles. The van der Waals surface area contributed by atoms with Crippen LogP contribution >= 0.6 is 0 Å². The van der Waals surface area contributed by atoms with Crippen molar-refractivity contribution in [2.75, 3.05) is 19.5 Å². The fourth-order valence-electron chi connectivity index (χ4n) is 2.88. The zero-order chi connectivity index (χ0) is 19.9. The first-order valence-electron chi connectivity index (χ1n) is 9.19. The van der Waals surface area contributed by atoms with Crippen molar-refractivity contribution in [1.82, 2.24) is 5.16 Å². The SMILES string of the molecule is CCc1ccc(-c2cc(NC(=O)CCc3ccc(OC)c(OC)c3)on2)cc1. The lowest BCUT2D eigenvalue weighted by Gasteiger charge is -2.09. The van der Waals surface area contributed by atoms with E-state index in [0.717, 1.165) is 17.5 Å².